The second-order valence-electron chi connectivity index (χ2n) is 5.02. The van der Waals surface area contributed by atoms with Gasteiger partial charge in [0.15, 0.2) is 0 Å². The molecule has 0 saturated carbocycles. The summed E-state index contributed by atoms with van der Waals surface area (Å²) in [4.78, 5) is 4.60. The fourth-order valence-corrected chi connectivity index (χ4v) is 2.53. The van der Waals surface area contributed by atoms with Gasteiger partial charge >= 0.3 is 0 Å². The van der Waals surface area contributed by atoms with Gasteiger partial charge in [0, 0.05) is 6.54 Å². The van der Waals surface area contributed by atoms with Crippen molar-refractivity contribution < 1.29 is 5.11 Å². The highest BCUT2D eigenvalue weighted by Crippen LogP contribution is 2.25. The zero-order valence-electron chi connectivity index (χ0n) is 11.7. The van der Waals surface area contributed by atoms with Crippen LogP contribution < -0.4 is 0 Å². The number of hydrogen-bond acceptors (Lipinski definition) is 2. The quantitative estimate of drug-likeness (QED) is 0.788. The van der Waals surface area contributed by atoms with Crippen LogP contribution in [0.1, 0.15) is 30.0 Å². The summed E-state index contributed by atoms with van der Waals surface area (Å²) in [5, 5.41) is 10.6. The number of imidazole rings is 1. The van der Waals surface area contributed by atoms with Crippen molar-refractivity contribution in [2.24, 2.45) is 0 Å². The van der Waals surface area contributed by atoms with Crippen molar-refractivity contribution in [2.45, 2.75) is 26.5 Å². The molecule has 1 atom stereocenters. The van der Waals surface area contributed by atoms with Gasteiger partial charge in [0.1, 0.15) is 11.9 Å². The molecule has 3 rings (SSSR count). The molecule has 3 heteroatoms. The van der Waals surface area contributed by atoms with Gasteiger partial charge in [0.2, 0.25) is 0 Å². The second kappa shape index (κ2) is 5.10. The molecule has 3 nitrogen and oxygen atoms in total. The Morgan fingerprint density at radius 1 is 1.10 bits per heavy atom. The molecule has 0 aliphatic heterocycles. The van der Waals surface area contributed by atoms with Crippen molar-refractivity contribution in [2.75, 3.05) is 0 Å². The smallest absolute Gasteiger partial charge is 0.143 e. The van der Waals surface area contributed by atoms with Gasteiger partial charge in [0.05, 0.1) is 11.0 Å². The second-order valence-corrected chi connectivity index (χ2v) is 5.02. The maximum absolute atomic E-state index is 10.6. The minimum Gasteiger partial charge on any atom is -0.380 e. The number of aliphatic hydroxyl groups is 1. The van der Waals surface area contributed by atoms with Crippen LogP contribution in [0.5, 0.6) is 0 Å². The SMILES string of the molecule is CCn1c([C@H](O)c2ccc(C)cc2)nc2ccccc21. The number of fused-ring (bicyclic) bond motifs is 1. The zero-order valence-corrected chi connectivity index (χ0v) is 11.7. The van der Waals surface area contributed by atoms with E-state index in [0.717, 1.165) is 23.1 Å². The molecule has 1 N–H and O–H groups in total. The first-order valence-electron chi connectivity index (χ1n) is 6.90. The minimum atomic E-state index is -0.692. The van der Waals surface area contributed by atoms with Crippen LogP contribution >= 0.6 is 0 Å². The molecule has 0 fully saturated rings. The maximum atomic E-state index is 10.6. The number of benzene rings is 2. The molecule has 0 bridgehead atoms. The number of aromatic nitrogens is 2. The lowest BCUT2D eigenvalue weighted by atomic mass is 10.1. The highest BCUT2D eigenvalue weighted by Gasteiger charge is 2.18. The van der Waals surface area contributed by atoms with E-state index in [2.05, 4.69) is 16.5 Å². The molecule has 0 aliphatic rings. The lowest BCUT2D eigenvalue weighted by Gasteiger charge is -2.13. The average molecular weight is 266 g/mol. The van der Waals surface area contributed by atoms with E-state index in [4.69, 9.17) is 0 Å². The van der Waals surface area contributed by atoms with Crippen molar-refractivity contribution >= 4 is 11.0 Å². The van der Waals surface area contributed by atoms with Crippen molar-refractivity contribution in [3.05, 3.63) is 65.5 Å². The largest absolute Gasteiger partial charge is 0.380 e. The fourth-order valence-electron chi connectivity index (χ4n) is 2.53. The third-order valence-corrected chi connectivity index (χ3v) is 3.64. The molecule has 0 saturated heterocycles. The Hall–Kier alpha value is -2.13. The summed E-state index contributed by atoms with van der Waals surface area (Å²) >= 11 is 0. The topological polar surface area (TPSA) is 38.0 Å². The van der Waals surface area contributed by atoms with E-state index in [1.54, 1.807) is 0 Å². The van der Waals surface area contributed by atoms with E-state index >= 15 is 0 Å². The Bertz CT molecular complexity index is 728. The molecule has 0 unspecified atom stereocenters. The molecule has 0 radical (unpaired) electrons. The molecule has 0 spiro atoms. The zero-order chi connectivity index (χ0) is 14.1. The van der Waals surface area contributed by atoms with Gasteiger partial charge < -0.3 is 9.67 Å². The van der Waals surface area contributed by atoms with Crippen LogP contribution in [-0.2, 0) is 6.54 Å². The summed E-state index contributed by atoms with van der Waals surface area (Å²) in [6, 6.07) is 15.9. The van der Waals surface area contributed by atoms with E-state index in [-0.39, 0.29) is 0 Å². The molecular weight excluding hydrogens is 248 g/mol. The summed E-state index contributed by atoms with van der Waals surface area (Å²) < 4.78 is 2.07. The molecule has 2 aromatic carbocycles. The van der Waals surface area contributed by atoms with E-state index in [0.29, 0.717) is 5.82 Å². The van der Waals surface area contributed by atoms with E-state index in [9.17, 15) is 5.11 Å². The fraction of sp³-hybridized carbons (Fsp3) is 0.235. The van der Waals surface area contributed by atoms with Crippen LogP contribution in [-0.4, -0.2) is 14.7 Å². The molecule has 20 heavy (non-hydrogen) atoms. The molecule has 0 amide bonds. The lowest BCUT2D eigenvalue weighted by molar-refractivity contribution is 0.205. The van der Waals surface area contributed by atoms with Crippen LogP contribution in [0.3, 0.4) is 0 Å². The van der Waals surface area contributed by atoms with Crippen molar-refractivity contribution in [3.63, 3.8) is 0 Å². The number of para-hydroxylation sites is 2. The first-order chi connectivity index (χ1) is 9.70. The third-order valence-electron chi connectivity index (χ3n) is 3.64. The monoisotopic (exact) mass is 266 g/mol. The molecular formula is C17H18N2O. The Morgan fingerprint density at radius 3 is 2.50 bits per heavy atom. The normalized spacial score (nSPS) is 12.8. The first-order valence-corrected chi connectivity index (χ1v) is 6.90. The van der Waals surface area contributed by atoms with Gasteiger partial charge in [-0.1, -0.05) is 42.0 Å². The average Bonchev–Trinajstić information content (AvgIpc) is 2.85. The highest BCUT2D eigenvalue weighted by atomic mass is 16.3. The number of aliphatic hydroxyl groups excluding tert-OH is 1. The number of hydrogen-bond donors (Lipinski definition) is 1. The Balaban J connectivity index is 2.11. The number of aryl methyl sites for hydroxylation is 2. The summed E-state index contributed by atoms with van der Waals surface area (Å²) in [5.41, 5.74) is 4.05. The summed E-state index contributed by atoms with van der Waals surface area (Å²) in [5.74, 6) is 0.706. The van der Waals surface area contributed by atoms with Crippen LogP contribution in [0.25, 0.3) is 11.0 Å². The Kier molecular flexibility index (Phi) is 3.28. The van der Waals surface area contributed by atoms with Crippen LogP contribution in [0.15, 0.2) is 48.5 Å². The van der Waals surface area contributed by atoms with Gasteiger partial charge in [0.25, 0.3) is 0 Å². The van der Waals surface area contributed by atoms with E-state index in [1.807, 2.05) is 55.5 Å². The first kappa shape index (κ1) is 12.9. The molecule has 0 aliphatic carbocycles. The Labute approximate surface area is 118 Å². The van der Waals surface area contributed by atoms with Gasteiger partial charge in [-0.25, -0.2) is 4.98 Å². The number of rotatable bonds is 3. The van der Waals surface area contributed by atoms with Crippen molar-refractivity contribution in [3.8, 4) is 0 Å². The predicted octanol–water partition coefficient (Wildman–Crippen LogP) is 3.45. The van der Waals surface area contributed by atoms with Gasteiger partial charge in [-0.2, -0.15) is 0 Å². The van der Waals surface area contributed by atoms with Crippen LogP contribution in [0, 0.1) is 6.92 Å². The number of nitrogens with zero attached hydrogens (tertiary/aromatic N) is 2. The van der Waals surface area contributed by atoms with Gasteiger partial charge in [-0.3, -0.25) is 0 Å². The van der Waals surface area contributed by atoms with Crippen molar-refractivity contribution in [1.29, 1.82) is 0 Å². The molecule has 3 aromatic rings. The van der Waals surface area contributed by atoms with Gasteiger partial charge in [-0.15, -0.1) is 0 Å². The predicted molar refractivity (Wildman–Crippen MR) is 80.6 cm³/mol. The van der Waals surface area contributed by atoms with E-state index < -0.39 is 6.10 Å². The maximum Gasteiger partial charge on any atom is 0.143 e. The summed E-state index contributed by atoms with van der Waals surface area (Å²) in [6.07, 6.45) is -0.692. The van der Waals surface area contributed by atoms with Crippen LogP contribution in [0.4, 0.5) is 0 Å². The third kappa shape index (κ3) is 2.10. The van der Waals surface area contributed by atoms with Crippen molar-refractivity contribution in [1.82, 2.24) is 9.55 Å². The lowest BCUT2D eigenvalue weighted by Crippen LogP contribution is -2.09. The minimum absolute atomic E-state index is 0.692. The van der Waals surface area contributed by atoms with Crippen LogP contribution in [0.2, 0.25) is 0 Å². The Morgan fingerprint density at radius 2 is 1.80 bits per heavy atom. The molecule has 102 valence electrons. The standard InChI is InChI=1S/C17H18N2O/c1-3-19-15-7-5-4-6-14(15)18-17(19)16(20)13-10-8-12(2)9-11-13/h4-11,16,20H,3H2,1-2H3/t16-/m1/s1. The molecule has 1 aromatic heterocycles. The summed E-state index contributed by atoms with van der Waals surface area (Å²) in [7, 11) is 0. The van der Waals surface area contributed by atoms with E-state index in [1.165, 1.54) is 5.56 Å². The summed E-state index contributed by atoms with van der Waals surface area (Å²) in [6.45, 7) is 4.90. The highest BCUT2D eigenvalue weighted by molar-refractivity contribution is 5.76. The molecule has 1 heterocycles. The van der Waals surface area contributed by atoms with Gasteiger partial charge in [-0.05, 0) is 31.5 Å².